The van der Waals surface area contributed by atoms with Crippen molar-refractivity contribution in [1.82, 2.24) is 14.8 Å². The van der Waals surface area contributed by atoms with Gasteiger partial charge >= 0.3 is 0 Å². The molecule has 0 aliphatic carbocycles. The number of hydrogen-bond donors (Lipinski definition) is 0. The molecule has 0 saturated carbocycles. The van der Waals surface area contributed by atoms with Crippen LogP contribution in [-0.4, -0.2) is 28.0 Å². The first-order valence-corrected chi connectivity index (χ1v) is 8.32. The molecule has 0 bridgehead atoms. The Morgan fingerprint density at radius 2 is 2.05 bits per heavy atom. The third kappa shape index (κ3) is 1.84. The molecule has 106 valence electrons. The van der Waals surface area contributed by atoms with Crippen LogP contribution in [0.2, 0.25) is 0 Å². The Labute approximate surface area is 122 Å². The van der Waals surface area contributed by atoms with E-state index in [2.05, 4.69) is 32.3 Å². The minimum Gasteiger partial charge on any atom is -0.378 e. The van der Waals surface area contributed by atoms with E-state index in [4.69, 9.17) is 4.74 Å². The quantitative estimate of drug-likeness (QED) is 0.853. The Balaban J connectivity index is 1.78. The molecular weight excluding hydrogens is 270 g/mol. The zero-order valence-electron chi connectivity index (χ0n) is 11.5. The number of nitrogens with zero attached hydrogens (tertiary/aromatic N) is 3. The molecule has 0 amide bonds. The molecule has 2 aliphatic heterocycles. The lowest BCUT2D eigenvalue weighted by molar-refractivity contribution is -0.0422. The molecule has 4 heterocycles. The molecule has 1 saturated heterocycles. The van der Waals surface area contributed by atoms with Gasteiger partial charge in [0.05, 0.1) is 13.2 Å². The molecule has 0 N–H and O–H groups in total. The minimum atomic E-state index is -0.0430. The van der Waals surface area contributed by atoms with Crippen molar-refractivity contribution >= 4 is 11.3 Å². The van der Waals surface area contributed by atoms with Crippen LogP contribution in [0.1, 0.15) is 42.2 Å². The van der Waals surface area contributed by atoms with Crippen molar-refractivity contribution in [3.63, 3.8) is 0 Å². The molecule has 20 heavy (non-hydrogen) atoms. The van der Waals surface area contributed by atoms with Gasteiger partial charge in [-0.05, 0) is 24.3 Å². The lowest BCUT2D eigenvalue weighted by Crippen LogP contribution is -2.49. The molecule has 1 fully saturated rings. The Morgan fingerprint density at radius 3 is 2.80 bits per heavy atom. The Hall–Kier alpha value is -1.20. The number of fused-ring (bicyclic) bond motifs is 1. The van der Waals surface area contributed by atoms with Crippen molar-refractivity contribution in [2.24, 2.45) is 0 Å². The molecule has 2 aromatic heterocycles. The largest absolute Gasteiger partial charge is 0.378 e. The zero-order valence-corrected chi connectivity index (χ0v) is 12.4. The molecule has 2 aliphatic rings. The summed E-state index contributed by atoms with van der Waals surface area (Å²) < 4.78 is 7.93. The van der Waals surface area contributed by atoms with Crippen LogP contribution in [0.15, 0.2) is 17.5 Å². The van der Waals surface area contributed by atoms with E-state index in [0.29, 0.717) is 0 Å². The second-order valence-electron chi connectivity index (χ2n) is 5.81. The topological polar surface area (TPSA) is 39.9 Å². The van der Waals surface area contributed by atoms with Crippen molar-refractivity contribution in [2.45, 2.75) is 44.1 Å². The van der Waals surface area contributed by atoms with Crippen LogP contribution >= 0.6 is 11.3 Å². The van der Waals surface area contributed by atoms with E-state index in [1.165, 1.54) is 36.4 Å². The summed E-state index contributed by atoms with van der Waals surface area (Å²) in [5, 5.41) is 11.2. The third-order valence-corrected chi connectivity index (χ3v) is 5.55. The van der Waals surface area contributed by atoms with Crippen LogP contribution < -0.4 is 0 Å². The van der Waals surface area contributed by atoms with Gasteiger partial charge in [0.2, 0.25) is 0 Å². The monoisotopic (exact) mass is 289 g/mol. The highest BCUT2D eigenvalue weighted by molar-refractivity contribution is 7.10. The van der Waals surface area contributed by atoms with Gasteiger partial charge in [-0.25, -0.2) is 0 Å². The number of ether oxygens (including phenoxy) is 1. The van der Waals surface area contributed by atoms with Gasteiger partial charge in [-0.3, -0.25) is 0 Å². The van der Waals surface area contributed by atoms with Crippen molar-refractivity contribution in [1.29, 1.82) is 0 Å². The molecule has 0 unspecified atom stereocenters. The van der Waals surface area contributed by atoms with Gasteiger partial charge in [-0.2, -0.15) is 0 Å². The molecule has 0 atom stereocenters. The van der Waals surface area contributed by atoms with E-state index < -0.39 is 0 Å². The van der Waals surface area contributed by atoms with Gasteiger partial charge in [0.1, 0.15) is 17.1 Å². The molecule has 4 nitrogen and oxygen atoms in total. The molecule has 2 aromatic rings. The van der Waals surface area contributed by atoms with Crippen LogP contribution in [-0.2, 0) is 23.1 Å². The molecule has 5 heteroatoms. The third-order valence-electron chi connectivity index (χ3n) is 4.48. The van der Waals surface area contributed by atoms with Crippen molar-refractivity contribution in [2.75, 3.05) is 13.2 Å². The first-order chi connectivity index (χ1) is 9.90. The first-order valence-electron chi connectivity index (χ1n) is 7.44. The standard InChI is InChI=1S/C15H19N3OS/c1-2-4-8-18-13(7-3-1)16-17-14(18)15(10-19-11-15)12-6-5-9-20-12/h5-6,9H,1-4,7-8,10-11H2. The summed E-state index contributed by atoms with van der Waals surface area (Å²) in [7, 11) is 0. The molecule has 4 rings (SSSR count). The maximum Gasteiger partial charge on any atom is 0.149 e. The lowest BCUT2D eigenvalue weighted by atomic mass is 9.83. The summed E-state index contributed by atoms with van der Waals surface area (Å²) in [5.74, 6) is 2.30. The van der Waals surface area contributed by atoms with Gasteiger partial charge in [0, 0.05) is 17.8 Å². The number of rotatable bonds is 2. The Morgan fingerprint density at radius 1 is 1.15 bits per heavy atom. The van der Waals surface area contributed by atoms with Crippen molar-refractivity contribution in [3.05, 3.63) is 34.0 Å². The fourth-order valence-electron chi connectivity index (χ4n) is 3.25. The summed E-state index contributed by atoms with van der Waals surface area (Å²) in [4.78, 5) is 1.36. The van der Waals surface area contributed by atoms with E-state index in [1.54, 1.807) is 11.3 Å². The lowest BCUT2D eigenvalue weighted by Gasteiger charge is -2.40. The Bertz CT molecular complexity index is 586. The maximum absolute atomic E-state index is 5.56. The maximum atomic E-state index is 5.56. The van der Waals surface area contributed by atoms with E-state index in [0.717, 1.165) is 32.0 Å². The number of thiophene rings is 1. The van der Waals surface area contributed by atoms with Gasteiger partial charge in [0.25, 0.3) is 0 Å². The van der Waals surface area contributed by atoms with Crippen LogP contribution in [0.4, 0.5) is 0 Å². The van der Waals surface area contributed by atoms with E-state index in [9.17, 15) is 0 Å². The zero-order chi connectivity index (χ0) is 13.4. The summed E-state index contributed by atoms with van der Waals surface area (Å²) in [6.45, 7) is 2.54. The van der Waals surface area contributed by atoms with Gasteiger partial charge in [-0.15, -0.1) is 21.5 Å². The summed E-state index contributed by atoms with van der Waals surface area (Å²) in [6, 6.07) is 4.32. The molecular formula is C15H19N3OS. The van der Waals surface area contributed by atoms with Crippen LogP contribution in [0.25, 0.3) is 0 Å². The predicted octanol–water partition coefficient (Wildman–Crippen LogP) is 2.77. The number of aryl methyl sites for hydroxylation is 1. The van der Waals surface area contributed by atoms with E-state index in [1.807, 2.05) is 0 Å². The fraction of sp³-hybridized carbons (Fsp3) is 0.600. The summed E-state index contributed by atoms with van der Waals surface area (Å²) in [5.41, 5.74) is -0.0430. The number of hydrogen-bond acceptors (Lipinski definition) is 4. The minimum absolute atomic E-state index is 0.0430. The highest BCUT2D eigenvalue weighted by atomic mass is 32.1. The highest BCUT2D eigenvalue weighted by Gasteiger charge is 2.47. The first kappa shape index (κ1) is 12.5. The average Bonchev–Trinajstić information content (AvgIpc) is 3.00. The van der Waals surface area contributed by atoms with Crippen LogP contribution in [0.5, 0.6) is 0 Å². The van der Waals surface area contributed by atoms with Crippen LogP contribution in [0.3, 0.4) is 0 Å². The van der Waals surface area contributed by atoms with Crippen LogP contribution in [0, 0.1) is 0 Å². The fourth-order valence-corrected chi connectivity index (χ4v) is 4.15. The second kappa shape index (κ2) is 4.97. The average molecular weight is 289 g/mol. The van der Waals surface area contributed by atoms with Gasteiger partial charge < -0.3 is 9.30 Å². The van der Waals surface area contributed by atoms with Gasteiger partial charge in [0.15, 0.2) is 0 Å². The molecule has 0 aromatic carbocycles. The smallest absolute Gasteiger partial charge is 0.149 e. The SMILES string of the molecule is c1csc(C2(c3nnc4n3CCCCCC4)COC2)c1. The highest BCUT2D eigenvalue weighted by Crippen LogP contribution is 2.41. The predicted molar refractivity (Wildman–Crippen MR) is 78.1 cm³/mol. The normalized spacial score (nSPS) is 21.6. The second-order valence-corrected chi connectivity index (χ2v) is 6.76. The van der Waals surface area contributed by atoms with Gasteiger partial charge in [-0.1, -0.05) is 18.9 Å². The van der Waals surface area contributed by atoms with Crippen molar-refractivity contribution < 1.29 is 4.74 Å². The molecule has 0 radical (unpaired) electrons. The van der Waals surface area contributed by atoms with Crippen molar-refractivity contribution in [3.8, 4) is 0 Å². The number of aromatic nitrogens is 3. The van der Waals surface area contributed by atoms with E-state index >= 15 is 0 Å². The summed E-state index contributed by atoms with van der Waals surface area (Å²) >= 11 is 1.80. The molecule has 0 spiro atoms. The van der Waals surface area contributed by atoms with E-state index in [-0.39, 0.29) is 5.41 Å². The summed E-state index contributed by atoms with van der Waals surface area (Å²) in [6.07, 6.45) is 6.18. The Kier molecular flexibility index (Phi) is 3.11.